The highest BCUT2D eigenvalue weighted by Crippen LogP contribution is 2.22. The highest BCUT2D eigenvalue weighted by molar-refractivity contribution is 7.89. The number of hydrogen-bond donors (Lipinski definition) is 1. The van der Waals surface area contributed by atoms with Gasteiger partial charge in [-0.3, -0.25) is 4.79 Å². The number of sulfonamides is 1. The Labute approximate surface area is 141 Å². The van der Waals surface area contributed by atoms with Gasteiger partial charge in [-0.2, -0.15) is 0 Å². The van der Waals surface area contributed by atoms with Crippen LogP contribution in [0.5, 0.6) is 0 Å². The topological polar surface area (TPSA) is 86.4 Å². The maximum atomic E-state index is 12.8. The number of carbonyl (C=O) groups is 1. The zero-order chi connectivity index (χ0) is 17.5. The summed E-state index contributed by atoms with van der Waals surface area (Å²) in [6, 6.07) is 4.82. The molecule has 2 heterocycles. The van der Waals surface area contributed by atoms with Crippen molar-refractivity contribution >= 4 is 15.9 Å². The maximum absolute atomic E-state index is 12.8. The van der Waals surface area contributed by atoms with Gasteiger partial charge in [0.05, 0.1) is 29.2 Å². The predicted octanol–water partition coefficient (Wildman–Crippen LogP) is 1.17. The number of nitrogens with one attached hydrogen (secondary N) is 1. The fourth-order valence-corrected chi connectivity index (χ4v) is 3.92. The molecule has 0 saturated carbocycles. The first-order chi connectivity index (χ1) is 11.3. The number of H-pyrrole nitrogens is 1. The van der Waals surface area contributed by atoms with Gasteiger partial charge in [0.2, 0.25) is 10.0 Å². The fraction of sp³-hybridized carbons (Fsp3) is 0.375. The molecule has 1 N–H and O–H groups in total. The van der Waals surface area contributed by atoms with Gasteiger partial charge >= 0.3 is 0 Å². The van der Waals surface area contributed by atoms with E-state index >= 15 is 0 Å². The lowest BCUT2D eigenvalue weighted by Gasteiger charge is -2.26. The number of aromatic amines is 1. The van der Waals surface area contributed by atoms with Crippen molar-refractivity contribution < 1.29 is 13.2 Å². The summed E-state index contributed by atoms with van der Waals surface area (Å²) < 4.78 is 26.0. The molecule has 0 radical (unpaired) electrons. The molecule has 0 saturated heterocycles. The molecule has 3 rings (SSSR count). The lowest BCUT2D eigenvalue weighted by molar-refractivity contribution is 0.0731. The van der Waals surface area contributed by atoms with Gasteiger partial charge in [-0.15, -0.1) is 0 Å². The first kappa shape index (κ1) is 16.7. The van der Waals surface area contributed by atoms with Crippen LogP contribution in [0.2, 0.25) is 0 Å². The third-order valence-corrected chi connectivity index (χ3v) is 6.21. The molecule has 1 aliphatic rings. The smallest absolute Gasteiger partial charge is 0.254 e. The number of imidazole rings is 1. The Kier molecular flexibility index (Phi) is 4.18. The SMILES string of the molecule is Cc1ccc(C(=O)N2CCc3nc[nH]c3C2)cc1S(=O)(=O)N(C)C. The van der Waals surface area contributed by atoms with E-state index in [0.717, 1.165) is 15.7 Å². The Morgan fingerprint density at radius 3 is 2.79 bits per heavy atom. The minimum absolute atomic E-state index is 0.164. The Morgan fingerprint density at radius 2 is 2.08 bits per heavy atom. The summed E-state index contributed by atoms with van der Waals surface area (Å²) in [6.45, 7) is 2.75. The van der Waals surface area contributed by atoms with E-state index in [1.807, 2.05) is 0 Å². The molecule has 7 nitrogen and oxygen atoms in total. The van der Waals surface area contributed by atoms with Gasteiger partial charge in [-0.1, -0.05) is 6.07 Å². The highest BCUT2D eigenvalue weighted by atomic mass is 32.2. The average Bonchev–Trinajstić information content (AvgIpc) is 3.01. The van der Waals surface area contributed by atoms with Crippen LogP contribution in [-0.2, 0) is 23.0 Å². The van der Waals surface area contributed by atoms with Crippen LogP contribution in [0.3, 0.4) is 0 Å². The second kappa shape index (κ2) is 6.03. The number of rotatable bonds is 3. The van der Waals surface area contributed by atoms with Gasteiger partial charge in [-0.05, 0) is 24.6 Å². The monoisotopic (exact) mass is 348 g/mol. The number of aryl methyl sites for hydroxylation is 1. The first-order valence-electron chi connectivity index (χ1n) is 7.64. The van der Waals surface area contributed by atoms with Gasteiger partial charge in [-0.25, -0.2) is 17.7 Å². The van der Waals surface area contributed by atoms with Gasteiger partial charge in [0.1, 0.15) is 0 Å². The molecule has 0 unspecified atom stereocenters. The van der Waals surface area contributed by atoms with E-state index in [-0.39, 0.29) is 10.8 Å². The Bertz CT molecular complexity index is 886. The van der Waals surface area contributed by atoms with E-state index in [0.29, 0.717) is 30.6 Å². The Balaban J connectivity index is 1.92. The van der Waals surface area contributed by atoms with Crippen LogP contribution in [0.15, 0.2) is 29.4 Å². The van der Waals surface area contributed by atoms with Crippen LogP contribution in [0, 0.1) is 6.92 Å². The van der Waals surface area contributed by atoms with Crippen LogP contribution >= 0.6 is 0 Å². The highest BCUT2D eigenvalue weighted by Gasteiger charge is 2.26. The van der Waals surface area contributed by atoms with Crippen LogP contribution in [0.25, 0.3) is 0 Å². The normalized spacial score (nSPS) is 14.8. The minimum Gasteiger partial charge on any atom is -0.347 e. The molecule has 2 aromatic rings. The van der Waals surface area contributed by atoms with E-state index in [9.17, 15) is 13.2 Å². The molecule has 8 heteroatoms. The van der Waals surface area contributed by atoms with Crippen molar-refractivity contribution in [2.75, 3.05) is 20.6 Å². The van der Waals surface area contributed by atoms with Gasteiger partial charge in [0.15, 0.2) is 0 Å². The summed E-state index contributed by atoms with van der Waals surface area (Å²) in [7, 11) is -0.628. The van der Waals surface area contributed by atoms with Crippen LogP contribution in [0.4, 0.5) is 0 Å². The molecule has 0 aliphatic carbocycles. The molecular formula is C16H20N4O3S. The van der Waals surface area contributed by atoms with Gasteiger partial charge in [0, 0.05) is 32.6 Å². The predicted molar refractivity (Wildman–Crippen MR) is 89.1 cm³/mol. The summed E-state index contributed by atoms with van der Waals surface area (Å²) >= 11 is 0. The standard InChI is InChI=1S/C16H20N4O3S/c1-11-4-5-12(8-15(11)24(22,23)19(2)3)16(21)20-7-6-13-14(9-20)18-10-17-13/h4-5,8,10H,6-7,9H2,1-3H3,(H,17,18). The lowest BCUT2D eigenvalue weighted by atomic mass is 10.1. The summed E-state index contributed by atoms with van der Waals surface area (Å²) in [5, 5.41) is 0. The molecule has 0 bridgehead atoms. The van der Waals surface area contributed by atoms with Crippen molar-refractivity contribution in [2.24, 2.45) is 0 Å². The second-order valence-corrected chi connectivity index (χ2v) is 8.19. The Morgan fingerprint density at radius 1 is 1.33 bits per heavy atom. The van der Waals surface area contributed by atoms with Gasteiger partial charge in [0.25, 0.3) is 5.91 Å². The second-order valence-electron chi connectivity index (χ2n) is 6.07. The largest absolute Gasteiger partial charge is 0.347 e. The van der Waals surface area contributed by atoms with E-state index < -0.39 is 10.0 Å². The molecule has 1 aliphatic heterocycles. The average molecular weight is 348 g/mol. The number of carbonyl (C=O) groups excluding carboxylic acids is 1. The van der Waals surface area contributed by atoms with Crippen molar-refractivity contribution in [2.45, 2.75) is 24.8 Å². The third-order valence-electron chi connectivity index (χ3n) is 4.26. The lowest BCUT2D eigenvalue weighted by Crippen LogP contribution is -2.36. The van der Waals surface area contributed by atoms with E-state index in [1.54, 1.807) is 30.3 Å². The zero-order valence-corrected chi connectivity index (χ0v) is 14.7. The van der Waals surface area contributed by atoms with Crippen molar-refractivity contribution in [3.8, 4) is 0 Å². The minimum atomic E-state index is -3.59. The molecule has 1 amide bonds. The molecule has 1 aromatic carbocycles. The van der Waals surface area contributed by atoms with E-state index in [4.69, 9.17) is 0 Å². The van der Waals surface area contributed by atoms with Crippen molar-refractivity contribution in [3.05, 3.63) is 47.0 Å². The van der Waals surface area contributed by atoms with Crippen molar-refractivity contribution in [1.82, 2.24) is 19.2 Å². The number of fused-ring (bicyclic) bond motifs is 1. The summed E-state index contributed by atoms with van der Waals surface area (Å²) in [6.07, 6.45) is 2.32. The van der Waals surface area contributed by atoms with Crippen LogP contribution in [0.1, 0.15) is 27.3 Å². The molecular weight excluding hydrogens is 328 g/mol. The summed E-state index contributed by atoms with van der Waals surface area (Å²) in [5.74, 6) is -0.176. The van der Waals surface area contributed by atoms with Gasteiger partial charge < -0.3 is 9.88 Å². The maximum Gasteiger partial charge on any atom is 0.254 e. The molecule has 128 valence electrons. The number of nitrogens with zero attached hydrogens (tertiary/aromatic N) is 3. The van der Waals surface area contributed by atoms with Crippen molar-refractivity contribution in [3.63, 3.8) is 0 Å². The molecule has 1 aromatic heterocycles. The third kappa shape index (κ3) is 2.83. The van der Waals surface area contributed by atoms with Crippen LogP contribution in [-0.4, -0.2) is 54.1 Å². The van der Waals surface area contributed by atoms with E-state index in [2.05, 4.69) is 9.97 Å². The van der Waals surface area contributed by atoms with Crippen LogP contribution < -0.4 is 0 Å². The van der Waals surface area contributed by atoms with Crippen molar-refractivity contribution in [1.29, 1.82) is 0 Å². The first-order valence-corrected chi connectivity index (χ1v) is 9.08. The fourth-order valence-electron chi connectivity index (χ4n) is 2.78. The number of amides is 1. The summed E-state index contributed by atoms with van der Waals surface area (Å²) in [5.41, 5.74) is 2.92. The molecule has 0 fully saturated rings. The zero-order valence-electron chi connectivity index (χ0n) is 13.9. The number of benzene rings is 1. The van der Waals surface area contributed by atoms with E-state index in [1.165, 1.54) is 20.2 Å². The quantitative estimate of drug-likeness (QED) is 0.902. The summed E-state index contributed by atoms with van der Waals surface area (Å²) in [4.78, 5) is 21.9. The molecule has 0 spiro atoms. The number of hydrogen-bond acceptors (Lipinski definition) is 4. The molecule has 0 atom stereocenters. The number of aromatic nitrogens is 2. The molecule has 24 heavy (non-hydrogen) atoms. The Hall–Kier alpha value is -2.19.